The van der Waals surface area contributed by atoms with Gasteiger partial charge in [0.25, 0.3) is 0 Å². The van der Waals surface area contributed by atoms with Crippen molar-refractivity contribution in [2.24, 2.45) is 34.5 Å². The van der Waals surface area contributed by atoms with Crippen molar-refractivity contribution in [2.45, 2.75) is 66.2 Å². The van der Waals surface area contributed by atoms with Crippen LogP contribution < -0.4 is 0 Å². The van der Waals surface area contributed by atoms with Crippen LogP contribution in [-0.4, -0.2) is 11.6 Å². The van der Waals surface area contributed by atoms with Crippen molar-refractivity contribution < 1.29 is 9.59 Å². The first-order valence-corrected chi connectivity index (χ1v) is 9.06. The second kappa shape index (κ2) is 4.33. The van der Waals surface area contributed by atoms with Crippen LogP contribution in [0.1, 0.15) is 66.2 Å². The fourth-order valence-corrected chi connectivity index (χ4v) is 6.97. The Labute approximate surface area is 133 Å². The molecule has 0 N–H and O–H groups in total. The molecule has 0 aromatic rings. The summed E-state index contributed by atoms with van der Waals surface area (Å²) in [7, 11) is 0. The van der Waals surface area contributed by atoms with Crippen LogP contribution in [0.4, 0.5) is 0 Å². The van der Waals surface area contributed by atoms with E-state index in [0.29, 0.717) is 30.5 Å². The van der Waals surface area contributed by atoms with Crippen LogP contribution in [0.15, 0.2) is 11.1 Å². The van der Waals surface area contributed by atoms with Crippen molar-refractivity contribution in [2.75, 3.05) is 0 Å². The van der Waals surface area contributed by atoms with Crippen LogP contribution >= 0.6 is 0 Å². The molecule has 6 atom stereocenters. The van der Waals surface area contributed by atoms with Gasteiger partial charge in [0.15, 0.2) is 5.78 Å². The van der Waals surface area contributed by atoms with Crippen LogP contribution in [0, 0.1) is 34.5 Å². The van der Waals surface area contributed by atoms with Crippen LogP contribution in [0.5, 0.6) is 0 Å². The number of hydrogen-bond acceptors (Lipinski definition) is 2. The molecule has 0 heterocycles. The lowest BCUT2D eigenvalue weighted by Crippen LogP contribution is -2.57. The van der Waals surface area contributed by atoms with Crippen molar-refractivity contribution >= 4 is 11.6 Å². The van der Waals surface area contributed by atoms with Gasteiger partial charge in [-0.25, -0.2) is 0 Å². The van der Waals surface area contributed by atoms with E-state index in [4.69, 9.17) is 0 Å². The number of carbonyl (C=O) groups excluding carboxylic acids is 2. The zero-order valence-corrected chi connectivity index (χ0v) is 14.4. The minimum absolute atomic E-state index is 0.152. The lowest BCUT2D eigenvalue weighted by molar-refractivity contribution is -0.155. The first kappa shape index (κ1) is 14.7. The summed E-state index contributed by atoms with van der Waals surface area (Å²) in [6.07, 6.45) is 5.87. The van der Waals surface area contributed by atoms with Gasteiger partial charge in [-0.3, -0.25) is 9.59 Å². The zero-order valence-electron chi connectivity index (χ0n) is 14.4. The Hall–Kier alpha value is -0.920. The molecule has 0 spiro atoms. The highest BCUT2D eigenvalue weighted by molar-refractivity contribution is 6.06. The van der Waals surface area contributed by atoms with E-state index < -0.39 is 5.41 Å². The fourth-order valence-electron chi connectivity index (χ4n) is 6.97. The first-order chi connectivity index (χ1) is 10.3. The van der Waals surface area contributed by atoms with Gasteiger partial charge in [0.2, 0.25) is 0 Å². The van der Waals surface area contributed by atoms with E-state index in [-0.39, 0.29) is 17.1 Å². The molecule has 0 bridgehead atoms. The van der Waals surface area contributed by atoms with Gasteiger partial charge in [-0.2, -0.15) is 0 Å². The second-order valence-electron chi connectivity index (χ2n) is 9.03. The third-order valence-corrected chi connectivity index (χ3v) is 8.07. The number of Topliss-reactive ketones (excluding diaryl/α,β-unsaturated/α-hetero) is 2. The van der Waals surface area contributed by atoms with E-state index in [1.807, 2.05) is 0 Å². The van der Waals surface area contributed by atoms with E-state index in [1.165, 1.54) is 24.8 Å². The summed E-state index contributed by atoms with van der Waals surface area (Å²) in [4.78, 5) is 25.7. The minimum Gasteiger partial charge on any atom is -0.299 e. The third-order valence-electron chi connectivity index (χ3n) is 8.07. The lowest BCUT2D eigenvalue weighted by Gasteiger charge is -2.59. The van der Waals surface area contributed by atoms with Gasteiger partial charge in [-0.1, -0.05) is 32.8 Å². The van der Waals surface area contributed by atoms with E-state index in [2.05, 4.69) is 27.7 Å². The highest BCUT2D eigenvalue weighted by Crippen LogP contribution is 2.69. The number of allylic oxidation sites excluding steroid dienone is 2. The maximum atomic E-state index is 12.9. The van der Waals surface area contributed by atoms with Gasteiger partial charge in [0.05, 0.1) is 0 Å². The molecule has 0 aromatic carbocycles. The Bertz CT molecular complexity index is 601. The highest BCUT2D eigenvalue weighted by Gasteiger charge is 2.67. The summed E-state index contributed by atoms with van der Waals surface area (Å²) in [6.45, 7) is 9.08. The van der Waals surface area contributed by atoms with Crippen LogP contribution in [0.25, 0.3) is 0 Å². The highest BCUT2D eigenvalue weighted by atomic mass is 16.1. The summed E-state index contributed by atoms with van der Waals surface area (Å²) in [5.74, 6) is 2.72. The Morgan fingerprint density at radius 2 is 1.82 bits per heavy atom. The van der Waals surface area contributed by atoms with Gasteiger partial charge in [0.1, 0.15) is 5.78 Å². The van der Waals surface area contributed by atoms with Crippen molar-refractivity contribution in [1.29, 1.82) is 0 Å². The van der Waals surface area contributed by atoms with Gasteiger partial charge < -0.3 is 0 Å². The molecule has 2 heteroatoms. The molecule has 4 aliphatic rings. The molecule has 0 aliphatic heterocycles. The lowest BCUT2D eigenvalue weighted by atomic mass is 9.43. The molecule has 3 fully saturated rings. The molecule has 4 aliphatic carbocycles. The smallest absolute Gasteiger partial charge is 0.160 e. The molecule has 3 saturated carbocycles. The molecule has 2 nitrogen and oxygen atoms in total. The Morgan fingerprint density at radius 3 is 2.55 bits per heavy atom. The van der Waals surface area contributed by atoms with Crippen molar-refractivity contribution in [3.8, 4) is 0 Å². The molecular formula is C20H28O2. The Kier molecular flexibility index (Phi) is 2.89. The molecule has 0 aromatic heterocycles. The monoisotopic (exact) mass is 300 g/mol. The largest absolute Gasteiger partial charge is 0.299 e. The molecule has 0 unspecified atom stereocenters. The van der Waals surface area contributed by atoms with Gasteiger partial charge in [-0.15, -0.1) is 0 Å². The molecule has 0 saturated heterocycles. The second-order valence-corrected chi connectivity index (χ2v) is 9.03. The standard InChI is InChI=1S/C20H28O2/c1-11-5-7-13-9-16(22)19(3)10-15(21)17-12(2)6-8-14(11)20(13,4)18(17)19/h11,13-14,18H,5-10H2,1-4H3/t11-,13+,14+,18+,19+,20+/m0/s1. The molecule has 4 rings (SSSR count). The number of ketones is 2. The SMILES string of the molecule is CC1=C2C(=O)C[C@]3(C)C(=O)C[C@H]4CC[C@H](C)[C@@H](CC1)[C@]4(C)[C@H]23. The van der Waals surface area contributed by atoms with Gasteiger partial charge >= 0.3 is 0 Å². The van der Waals surface area contributed by atoms with Gasteiger partial charge in [-0.05, 0) is 54.9 Å². The number of hydrogen-bond donors (Lipinski definition) is 0. The molecule has 0 amide bonds. The van der Waals surface area contributed by atoms with Crippen LogP contribution in [-0.2, 0) is 9.59 Å². The summed E-state index contributed by atoms with van der Waals surface area (Å²) in [5.41, 5.74) is 2.09. The summed E-state index contributed by atoms with van der Waals surface area (Å²) in [5, 5.41) is 0. The van der Waals surface area contributed by atoms with E-state index in [1.54, 1.807) is 0 Å². The van der Waals surface area contributed by atoms with Crippen molar-refractivity contribution in [1.82, 2.24) is 0 Å². The van der Waals surface area contributed by atoms with Crippen LogP contribution in [0.3, 0.4) is 0 Å². The summed E-state index contributed by atoms with van der Waals surface area (Å²) >= 11 is 0. The van der Waals surface area contributed by atoms with Gasteiger partial charge in [0, 0.05) is 24.2 Å². The van der Waals surface area contributed by atoms with Crippen molar-refractivity contribution in [3.63, 3.8) is 0 Å². The number of rotatable bonds is 0. The molecule has 120 valence electrons. The fraction of sp³-hybridized carbons (Fsp3) is 0.800. The van der Waals surface area contributed by atoms with Crippen LogP contribution in [0.2, 0.25) is 0 Å². The summed E-state index contributed by atoms with van der Waals surface area (Å²) in [6, 6.07) is 0. The predicted octanol–water partition coefficient (Wildman–Crippen LogP) is 4.33. The third kappa shape index (κ3) is 1.52. The summed E-state index contributed by atoms with van der Waals surface area (Å²) < 4.78 is 0. The molecular weight excluding hydrogens is 272 g/mol. The maximum Gasteiger partial charge on any atom is 0.160 e. The molecule has 0 radical (unpaired) electrons. The average molecular weight is 300 g/mol. The normalized spacial score (nSPS) is 50.9. The van der Waals surface area contributed by atoms with E-state index >= 15 is 0 Å². The average Bonchev–Trinajstić information content (AvgIpc) is 2.65. The molecule has 22 heavy (non-hydrogen) atoms. The number of carbonyl (C=O) groups is 2. The van der Waals surface area contributed by atoms with E-state index in [9.17, 15) is 9.59 Å². The Morgan fingerprint density at radius 1 is 1.09 bits per heavy atom. The maximum absolute atomic E-state index is 12.9. The minimum atomic E-state index is -0.418. The Balaban J connectivity index is 1.97. The first-order valence-electron chi connectivity index (χ1n) is 9.06. The quantitative estimate of drug-likeness (QED) is 0.667. The zero-order chi connectivity index (χ0) is 15.9. The van der Waals surface area contributed by atoms with E-state index in [0.717, 1.165) is 17.9 Å². The predicted molar refractivity (Wildman–Crippen MR) is 86.3 cm³/mol. The topological polar surface area (TPSA) is 34.1 Å². The van der Waals surface area contributed by atoms with Crippen molar-refractivity contribution in [3.05, 3.63) is 11.1 Å².